The van der Waals surface area contributed by atoms with Crippen LogP contribution in [0.5, 0.6) is 0 Å². The second kappa shape index (κ2) is 8.78. The molecule has 1 amide bonds. The lowest BCUT2D eigenvalue weighted by atomic mass is 9.88. The summed E-state index contributed by atoms with van der Waals surface area (Å²) in [4.78, 5) is 24.1. The maximum atomic E-state index is 12.8. The SMILES string of the molecule is CSc1nc2nc(C)c(CC(=O)NCC3(N(C)C)CCCCCC3)c(C)n2n1. The van der Waals surface area contributed by atoms with Gasteiger partial charge in [0.05, 0.1) is 6.42 Å². The van der Waals surface area contributed by atoms with E-state index in [2.05, 4.69) is 39.4 Å². The molecule has 0 spiro atoms. The van der Waals surface area contributed by atoms with Crippen molar-refractivity contribution in [3.8, 4) is 0 Å². The predicted octanol–water partition coefficient (Wildman–Crippen LogP) is 2.78. The fraction of sp³-hybridized carbons (Fsp3) is 0.700. The Labute approximate surface area is 171 Å². The van der Waals surface area contributed by atoms with Crippen LogP contribution in [0.1, 0.15) is 55.5 Å². The molecule has 154 valence electrons. The van der Waals surface area contributed by atoms with E-state index in [0.29, 0.717) is 23.9 Å². The number of hydrogen-bond donors (Lipinski definition) is 1. The molecule has 0 unspecified atom stereocenters. The summed E-state index contributed by atoms with van der Waals surface area (Å²) in [6.07, 6.45) is 9.60. The van der Waals surface area contributed by atoms with Crippen LogP contribution in [0.3, 0.4) is 0 Å². The highest BCUT2D eigenvalue weighted by Gasteiger charge is 2.33. The molecule has 2 aromatic heterocycles. The van der Waals surface area contributed by atoms with Crippen LogP contribution in [-0.2, 0) is 11.2 Å². The first-order valence-corrected chi connectivity index (χ1v) is 11.3. The Balaban J connectivity index is 1.73. The number of rotatable bonds is 6. The largest absolute Gasteiger partial charge is 0.354 e. The number of amides is 1. The topological polar surface area (TPSA) is 75.4 Å². The summed E-state index contributed by atoms with van der Waals surface area (Å²) < 4.78 is 1.74. The fourth-order valence-electron chi connectivity index (χ4n) is 4.19. The van der Waals surface area contributed by atoms with Crippen molar-refractivity contribution in [1.82, 2.24) is 29.8 Å². The molecule has 1 aliphatic carbocycles. The molecule has 1 N–H and O–H groups in total. The first-order valence-electron chi connectivity index (χ1n) is 10.1. The monoisotopic (exact) mass is 404 g/mol. The summed E-state index contributed by atoms with van der Waals surface area (Å²) in [6.45, 7) is 4.62. The molecule has 2 aromatic rings. The van der Waals surface area contributed by atoms with E-state index in [1.54, 1.807) is 4.52 Å². The summed E-state index contributed by atoms with van der Waals surface area (Å²) in [7, 11) is 4.27. The molecule has 0 saturated heterocycles. The van der Waals surface area contributed by atoms with Gasteiger partial charge in [0.1, 0.15) is 0 Å². The van der Waals surface area contributed by atoms with E-state index < -0.39 is 0 Å². The van der Waals surface area contributed by atoms with Crippen LogP contribution in [-0.4, -0.2) is 62.8 Å². The lowest BCUT2D eigenvalue weighted by Gasteiger charge is -2.39. The molecule has 2 heterocycles. The van der Waals surface area contributed by atoms with Gasteiger partial charge in [-0.1, -0.05) is 37.4 Å². The van der Waals surface area contributed by atoms with Gasteiger partial charge >= 0.3 is 0 Å². The van der Waals surface area contributed by atoms with E-state index in [4.69, 9.17) is 0 Å². The van der Waals surface area contributed by atoms with Crippen molar-refractivity contribution in [1.29, 1.82) is 0 Å². The summed E-state index contributed by atoms with van der Waals surface area (Å²) in [6, 6.07) is 0. The molecule has 0 aliphatic heterocycles. The maximum absolute atomic E-state index is 12.8. The number of nitrogens with zero attached hydrogens (tertiary/aromatic N) is 5. The Hall–Kier alpha value is -1.67. The zero-order chi connectivity index (χ0) is 20.3. The number of aromatic nitrogens is 4. The van der Waals surface area contributed by atoms with Crippen molar-refractivity contribution in [2.24, 2.45) is 0 Å². The van der Waals surface area contributed by atoms with Crippen molar-refractivity contribution in [2.75, 3.05) is 26.9 Å². The summed E-state index contributed by atoms with van der Waals surface area (Å²) in [5.41, 5.74) is 2.78. The van der Waals surface area contributed by atoms with E-state index in [9.17, 15) is 4.79 Å². The highest BCUT2D eigenvalue weighted by Crippen LogP contribution is 2.30. The first-order chi connectivity index (χ1) is 13.4. The average molecular weight is 405 g/mol. The Bertz CT molecular complexity index is 839. The average Bonchev–Trinajstić information content (AvgIpc) is 2.92. The second-order valence-electron chi connectivity index (χ2n) is 8.06. The molecular weight excluding hydrogens is 372 g/mol. The van der Waals surface area contributed by atoms with Crippen LogP contribution >= 0.6 is 11.8 Å². The summed E-state index contributed by atoms with van der Waals surface area (Å²) >= 11 is 1.49. The van der Waals surface area contributed by atoms with E-state index in [1.807, 2.05) is 20.1 Å². The highest BCUT2D eigenvalue weighted by atomic mass is 32.2. The Morgan fingerprint density at radius 1 is 1.18 bits per heavy atom. The van der Waals surface area contributed by atoms with Crippen LogP contribution in [0.4, 0.5) is 0 Å². The molecule has 1 saturated carbocycles. The van der Waals surface area contributed by atoms with Crippen molar-refractivity contribution in [3.63, 3.8) is 0 Å². The molecule has 7 nitrogen and oxygen atoms in total. The molecule has 0 bridgehead atoms. The Morgan fingerprint density at radius 3 is 2.46 bits per heavy atom. The number of aryl methyl sites for hydroxylation is 2. The lowest BCUT2D eigenvalue weighted by Crippen LogP contribution is -2.52. The number of fused-ring (bicyclic) bond motifs is 1. The lowest BCUT2D eigenvalue weighted by molar-refractivity contribution is -0.121. The van der Waals surface area contributed by atoms with Gasteiger partial charge in [0, 0.05) is 29.0 Å². The quantitative estimate of drug-likeness (QED) is 0.589. The first kappa shape index (κ1) is 21.0. The predicted molar refractivity (Wildman–Crippen MR) is 113 cm³/mol. The van der Waals surface area contributed by atoms with Gasteiger partial charge in [-0.25, -0.2) is 9.50 Å². The highest BCUT2D eigenvalue weighted by molar-refractivity contribution is 7.98. The van der Waals surface area contributed by atoms with Crippen LogP contribution < -0.4 is 5.32 Å². The van der Waals surface area contributed by atoms with Gasteiger partial charge in [-0.15, -0.1) is 5.10 Å². The van der Waals surface area contributed by atoms with Gasteiger partial charge in [0.2, 0.25) is 11.1 Å². The minimum absolute atomic E-state index is 0.0445. The minimum Gasteiger partial charge on any atom is -0.354 e. The number of hydrogen-bond acceptors (Lipinski definition) is 6. The summed E-state index contributed by atoms with van der Waals surface area (Å²) in [5.74, 6) is 0.636. The third-order valence-corrected chi connectivity index (χ3v) is 6.69. The molecule has 8 heteroatoms. The molecule has 1 fully saturated rings. The second-order valence-corrected chi connectivity index (χ2v) is 8.83. The number of carbonyl (C=O) groups excluding carboxylic acids is 1. The molecular formula is C20H32N6OS. The van der Waals surface area contributed by atoms with Gasteiger partial charge in [-0.3, -0.25) is 4.79 Å². The smallest absolute Gasteiger partial charge is 0.253 e. The maximum Gasteiger partial charge on any atom is 0.253 e. The minimum atomic E-state index is 0.0445. The molecule has 0 radical (unpaired) electrons. The molecule has 0 aromatic carbocycles. The van der Waals surface area contributed by atoms with Gasteiger partial charge in [0.15, 0.2) is 0 Å². The molecule has 0 atom stereocenters. The number of nitrogens with one attached hydrogen (secondary N) is 1. The molecule has 1 aliphatic rings. The molecule has 28 heavy (non-hydrogen) atoms. The zero-order valence-corrected chi connectivity index (χ0v) is 18.5. The van der Waals surface area contributed by atoms with Crippen molar-refractivity contribution in [3.05, 3.63) is 17.0 Å². The van der Waals surface area contributed by atoms with Crippen molar-refractivity contribution < 1.29 is 4.79 Å². The van der Waals surface area contributed by atoms with Crippen LogP contribution in [0, 0.1) is 13.8 Å². The number of carbonyl (C=O) groups is 1. The third kappa shape index (κ3) is 4.33. The van der Waals surface area contributed by atoms with Gasteiger partial charge < -0.3 is 10.2 Å². The van der Waals surface area contributed by atoms with Crippen molar-refractivity contribution in [2.45, 2.75) is 69.5 Å². The molecule has 3 rings (SSSR count). The normalized spacial score (nSPS) is 17.1. The van der Waals surface area contributed by atoms with Crippen LogP contribution in [0.25, 0.3) is 5.78 Å². The van der Waals surface area contributed by atoms with E-state index in [0.717, 1.165) is 29.8 Å². The van der Waals surface area contributed by atoms with E-state index in [-0.39, 0.29) is 11.4 Å². The van der Waals surface area contributed by atoms with Gasteiger partial charge in [-0.05, 0) is 47.0 Å². The number of likely N-dealkylation sites (N-methyl/N-ethyl adjacent to an activating group) is 1. The Morgan fingerprint density at radius 2 is 1.86 bits per heavy atom. The fourth-order valence-corrected chi connectivity index (χ4v) is 4.52. The summed E-state index contributed by atoms with van der Waals surface area (Å²) in [5, 5.41) is 8.38. The third-order valence-electron chi connectivity index (χ3n) is 6.15. The Kier molecular flexibility index (Phi) is 6.60. The van der Waals surface area contributed by atoms with E-state index in [1.165, 1.54) is 37.4 Å². The van der Waals surface area contributed by atoms with Gasteiger partial charge in [-0.2, -0.15) is 4.98 Å². The standard InChI is InChI=1S/C20H32N6OS/c1-14-16(15(2)26-18(22-14)23-19(24-26)28-5)12-17(27)21-13-20(25(3)4)10-8-6-7-9-11-20/h6-13H2,1-5H3,(H,21,27). The number of thioether (sulfide) groups is 1. The zero-order valence-electron chi connectivity index (χ0n) is 17.7. The van der Waals surface area contributed by atoms with Crippen LogP contribution in [0.2, 0.25) is 0 Å². The van der Waals surface area contributed by atoms with Gasteiger partial charge in [0.25, 0.3) is 5.78 Å². The van der Waals surface area contributed by atoms with Crippen LogP contribution in [0.15, 0.2) is 5.16 Å². The van der Waals surface area contributed by atoms with Crippen molar-refractivity contribution >= 4 is 23.4 Å². The van der Waals surface area contributed by atoms with E-state index >= 15 is 0 Å².